The number of anilines is 1. The van der Waals surface area contributed by atoms with Crippen molar-refractivity contribution in [3.05, 3.63) is 75.7 Å². The molecule has 0 bridgehead atoms. The van der Waals surface area contributed by atoms with Gasteiger partial charge in [0.25, 0.3) is 15.7 Å². The molecule has 0 spiro atoms. The summed E-state index contributed by atoms with van der Waals surface area (Å²) in [5, 5.41) is 11.7. The van der Waals surface area contributed by atoms with Crippen LogP contribution < -0.4 is 4.72 Å². The summed E-state index contributed by atoms with van der Waals surface area (Å²) in [6, 6.07) is 14.2. The van der Waals surface area contributed by atoms with E-state index in [1.165, 1.54) is 24.3 Å². The third kappa shape index (κ3) is 4.43. The number of sulfonamides is 1. The molecule has 7 heteroatoms. The van der Waals surface area contributed by atoms with E-state index < -0.39 is 14.9 Å². The Morgan fingerprint density at radius 1 is 1.05 bits per heavy atom. The van der Waals surface area contributed by atoms with E-state index in [0.29, 0.717) is 0 Å². The molecule has 0 aromatic heterocycles. The van der Waals surface area contributed by atoms with Crippen molar-refractivity contribution >= 4 is 27.5 Å². The molecule has 0 amide bonds. The quantitative estimate of drug-likeness (QED) is 0.679. The van der Waals surface area contributed by atoms with Crippen LogP contribution in [0.25, 0.3) is 6.08 Å². The zero-order valence-electron chi connectivity index (χ0n) is 10.8. The lowest BCUT2D eigenvalue weighted by molar-refractivity contribution is -0.384. The number of nitrogens with zero attached hydrogens (tertiary/aromatic N) is 1. The van der Waals surface area contributed by atoms with Crippen molar-refractivity contribution in [2.45, 2.75) is 0 Å². The molecule has 0 atom stereocenters. The molecule has 0 heterocycles. The van der Waals surface area contributed by atoms with Gasteiger partial charge in [-0.05, 0) is 17.7 Å². The van der Waals surface area contributed by atoms with Crippen molar-refractivity contribution in [2.75, 3.05) is 4.72 Å². The van der Waals surface area contributed by atoms with Crippen LogP contribution in [0.1, 0.15) is 5.56 Å². The molecule has 0 saturated carbocycles. The van der Waals surface area contributed by atoms with Gasteiger partial charge in [0.05, 0.1) is 16.0 Å². The molecule has 2 rings (SSSR count). The zero-order chi connectivity index (χ0) is 15.3. The summed E-state index contributed by atoms with van der Waals surface area (Å²) in [7, 11) is -3.73. The van der Waals surface area contributed by atoms with E-state index in [0.717, 1.165) is 17.0 Å². The molecule has 6 nitrogen and oxygen atoms in total. The van der Waals surface area contributed by atoms with Gasteiger partial charge in [-0.25, -0.2) is 8.42 Å². The molecule has 1 N–H and O–H groups in total. The number of hydrogen-bond acceptors (Lipinski definition) is 4. The first-order chi connectivity index (χ1) is 9.96. The summed E-state index contributed by atoms with van der Waals surface area (Å²) in [6.45, 7) is 0. The number of non-ortho nitro benzene ring substituents is 1. The molecule has 0 saturated heterocycles. The van der Waals surface area contributed by atoms with Crippen LogP contribution in [0.3, 0.4) is 0 Å². The number of nitro groups is 1. The van der Waals surface area contributed by atoms with E-state index in [-0.39, 0.29) is 11.4 Å². The van der Waals surface area contributed by atoms with Gasteiger partial charge in [0.1, 0.15) is 0 Å². The van der Waals surface area contributed by atoms with Gasteiger partial charge in [0.15, 0.2) is 0 Å². The molecular formula is C14H12N2O4S. The van der Waals surface area contributed by atoms with E-state index in [2.05, 4.69) is 4.72 Å². The Balaban J connectivity index is 2.16. The summed E-state index contributed by atoms with van der Waals surface area (Å²) in [5.74, 6) is 0. The average molecular weight is 304 g/mol. The van der Waals surface area contributed by atoms with E-state index in [4.69, 9.17) is 0 Å². The minimum atomic E-state index is -3.73. The highest BCUT2D eigenvalue weighted by molar-refractivity contribution is 7.95. The molecule has 0 fully saturated rings. The monoisotopic (exact) mass is 304 g/mol. The van der Waals surface area contributed by atoms with Gasteiger partial charge in [0.2, 0.25) is 0 Å². The van der Waals surface area contributed by atoms with Crippen molar-refractivity contribution in [3.8, 4) is 0 Å². The topological polar surface area (TPSA) is 89.3 Å². The maximum Gasteiger partial charge on any atom is 0.271 e. The van der Waals surface area contributed by atoms with Gasteiger partial charge in [-0.2, -0.15) is 0 Å². The molecule has 21 heavy (non-hydrogen) atoms. The fourth-order valence-corrected chi connectivity index (χ4v) is 2.47. The van der Waals surface area contributed by atoms with Gasteiger partial charge in [-0.1, -0.05) is 36.4 Å². The van der Waals surface area contributed by atoms with E-state index in [1.807, 2.05) is 6.07 Å². The second-order valence-corrected chi connectivity index (χ2v) is 5.73. The van der Waals surface area contributed by atoms with E-state index in [1.54, 1.807) is 24.3 Å². The minimum Gasteiger partial charge on any atom is -0.280 e. The summed E-state index contributed by atoms with van der Waals surface area (Å²) in [4.78, 5) is 10.1. The lowest BCUT2D eigenvalue weighted by atomic mass is 10.2. The Morgan fingerprint density at radius 3 is 2.43 bits per heavy atom. The predicted octanol–water partition coefficient (Wildman–Crippen LogP) is 3.01. The van der Waals surface area contributed by atoms with E-state index >= 15 is 0 Å². The first kappa shape index (κ1) is 14.7. The van der Waals surface area contributed by atoms with Crippen molar-refractivity contribution < 1.29 is 13.3 Å². The minimum absolute atomic E-state index is 0.141. The van der Waals surface area contributed by atoms with Gasteiger partial charge in [-0.3, -0.25) is 14.8 Å². The lowest BCUT2D eigenvalue weighted by Gasteiger charge is -2.03. The Hall–Kier alpha value is -2.67. The zero-order valence-corrected chi connectivity index (χ0v) is 11.7. The fraction of sp³-hybridized carbons (Fsp3) is 0. The lowest BCUT2D eigenvalue weighted by Crippen LogP contribution is -2.08. The maximum atomic E-state index is 11.9. The van der Waals surface area contributed by atoms with Gasteiger partial charge < -0.3 is 0 Å². The molecule has 0 aliphatic heterocycles. The summed E-state index contributed by atoms with van der Waals surface area (Å²) in [5.41, 5.74) is 0.700. The molecule has 0 radical (unpaired) electrons. The molecule has 0 aliphatic carbocycles. The molecular weight excluding hydrogens is 292 g/mol. The number of benzene rings is 2. The average Bonchev–Trinajstić information content (AvgIpc) is 2.46. The van der Waals surface area contributed by atoms with Crippen LogP contribution in [0.15, 0.2) is 60.0 Å². The molecule has 2 aromatic rings. The highest BCUT2D eigenvalue weighted by atomic mass is 32.2. The molecule has 0 unspecified atom stereocenters. The first-order valence-electron chi connectivity index (χ1n) is 5.97. The van der Waals surface area contributed by atoms with Crippen molar-refractivity contribution in [1.29, 1.82) is 0 Å². The largest absolute Gasteiger partial charge is 0.280 e. The van der Waals surface area contributed by atoms with Crippen molar-refractivity contribution in [3.63, 3.8) is 0 Å². The smallest absolute Gasteiger partial charge is 0.271 e. The third-order valence-corrected chi connectivity index (χ3v) is 3.57. The van der Waals surface area contributed by atoms with Crippen LogP contribution in [0, 0.1) is 10.1 Å². The Kier molecular flexibility index (Phi) is 4.34. The Morgan fingerprint density at radius 2 is 1.76 bits per heavy atom. The molecule has 2 aromatic carbocycles. The molecule has 0 aliphatic rings. The second-order valence-electron chi connectivity index (χ2n) is 4.17. The van der Waals surface area contributed by atoms with Crippen LogP contribution in [-0.4, -0.2) is 13.3 Å². The predicted molar refractivity (Wildman–Crippen MR) is 81.1 cm³/mol. The molecule has 108 valence electrons. The van der Waals surface area contributed by atoms with E-state index in [9.17, 15) is 18.5 Å². The normalized spacial score (nSPS) is 11.4. The Bertz CT molecular complexity index is 771. The number of nitrogens with one attached hydrogen (secondary N) is 1. The number of nitro benzene ring substituents is 1. The number of rotatable bonds is 5. The number of hydrogen-bond donors (Lipinski definition) is 1. The second kappa shape index (κ2) is 6.19. The fourth-order valence-electron chi connectivity index (χ4n) is 1.61. The van der Waals surface area contributed by atoms with Gasteiger partial charge in [-0.15, -0.1) is 0 Å². The SMILES string of the molecule is O=[N+]([O-])c1cccc(NS(=O)(=O)/C=C/c2ccccc2)c1. The van der Waals surface area contributed by atoms with Crippen molar-refractivity contribution in [1.82, 2.24) is 0 Å². The highest BCUT2D eigenvalue weighted by Crippen LogP contribution is 2.18. The van der Waals surface area contributed by atoms with Crippen LogP contribution in [0.5, 0.6) is 0 Å². The first-order valence-corrected chi connectivity index (χ1v) is 7.51. The summed E-state index contributed by atoms with van der Waals surface area (Å²) >= 11 is 0. The van der Waals surface area contributed by atoms with Crippen LogP contribution >= 0.6 is 0 Å². The highest BCUT2D eigenvalue weighted by Gasteiger charge is 2.10. The van der Waals surface area contributed by atoms with Crippen molar-refractivity contribution in [2.24, 2.45) is 0 Å². The Labute approximate surface area is 121 Å². The summed E-state index contributed by atoms with van der Waals surface area (Å²) < 4.78 is 26.0. The van der Waals surface area contributed by atoms with Crippen LogP contribution in [0.2, 0.25) is 0 Å². The van der Waals surface area contributed by atoms with Crippen LogP contribution in [0.4, 0.5) is 11.4 Å². The third-order valence-electron chi connectivity index (χ3n) is 2.56. The summed E-state index contributed by atoms with van der Waals surface area (Å²) in [6.07, 6.45) is 1.44. The van der Waals surface area contributed by atoms with Gasteiger partial charge in [0, 0.05) is 12.1 Å². The van der Waals surface area contributed by atoms with Gasteiger partial charge >= 0.3 is 0 Å². The standard InChI is InChI=1S/C14H12N2O4S/c17-16(18)14-8-4-7-13(11-14)15-21(19,20)10-9-12-5-2-1-3-6-12/h1-11,15H/b10-9+. The maximum absolute atomic E-state index is 11.9. The van der Waals surface area contributed by atoms with Crippen LogP contribution in [-0.2, 0) is 10.0 Å².